The first kappa shape index (κ1) is 23.8. The van der Waals surface area contributed by atoms with Gasteiger partial charge in [0.1, 0.15) is 12.4 Å². The Balaban J connectivity index is 1.38. The summed E-state index contributed by atoms with van der Waals surface area (Å²) < 4.78 is 7.66. The number of likely N-dealkylation sites (tertiary alicyclic amines) is 1. The lowest BCUT2D eigenvalue weighted by molar-refractivity contribution is 0.238. The number of unbranched alkanes of at least 4 members (excludes halogenated alkanes) is 2. The third-order valence-electron chi connectivity index (χ3n) is 5.98. The molecule has 1 aliphatic heterocycles. The zero-order valence-electron chi connectivity index (χ0n) is 20.0. The minimum absolute atomic E-state index is 0.510. The lowest BCUT2D eigenvalue weighted by Crippen LogP contribution is -2.25. The number of allylic oxidation sites excluding steroid dienone is 1. The van der Waals surface area contributed by atoms with Gasteiger partial charge in [0.15, 0.2) is 5.65 Å². The molecule has 0 spiro atoms. The van der Waals surface area contributed by atoms with Crippen molar-refractivity contribution >= 4 is 29.1 Å². The highest BCUT2D eigenvalue weighted by atomic mass is 16.5. The molecule has 3 heterocycles. The van der Waals surface area contributed by atoms with E-state index in [1.807, 2.05) is 48.7 Å². The predicted molar refractivity (Wildman–Crippen MR) is 138 cm³/mol. The lowest BCUT2D eigenvalue weighted by Gasteiger charge is -2.15. The minimum Gasteiger partial charge on any atom is -0.492 e. The molecule has 1 fully saturated rings. The van der Waals surface area contributed by atoms with Crippen LogP contribution >= 0.6 is 0 Å². The number of hydrogen-bond acceptors (Lipinski definition) is 7. The van der Waals surface area contributed by atoms with E-state index in [9.17, 15) is 0 Å². The van der Waals surface area contributed by atoms with Crippen molar-refractivity contribution in [2.24, 2.45) is 0 Å². The number of nitrogens with zero attached hydrogens (tertiary/aromatic N) is 4. The van der Waals surface area contributed by atoms with Crippen LogP contribution in [0.3, 0.4) is 0 Å². The van der Waals surface area contributed by atoms with Gasteiger partial charge < -0.3 is 20.8 Å². The number of fused-ring (bicyclic) bond motifs is 1. The Morgan fingerprint density at radius 2 is 1.94 bits per heavy atom. The summed E-state index contributed by atoms with van der Waals surface area (Å²) in [5.74, 6) is 1.37. The van der Waals surface area contributed by atoms with Crippen LogP contribution in [0.2, 0.25) is 0 Å². The zero-order chi connectivity index (χ0) is 23.6. The van der Waals surface area contributed by atoms with Gasteiger partial charge in [0.25, 0.3) is 0 Å². The van der Waals surface area contributed by atoms with Crippen LogP contribution in [0, 0.1) is 5.41 Å². The van der Waals surface area contributed by atoms with E-state index in [-0.39, 0.29) is 0 Å². The van der Waals surface area contributed by atoms with Gasteiger partial charge in [0.05, 0.1) is 5.69 Å². The normalized spacial score (nSPS) is 14.4. The average molecular weight is 462 g/mol. The van der Waals surface area contributed by atoms with E-state index in [2.05, 4.69) is 32.5 Å². The predicted octanol–water partition coefficient (Wildman–Crippen LogP) is 4.72. The quantitative estimate of drug-likeness (QED) is 0.252. The summed E-state index contributed by atoms with van der Waals surface area (Å²) in [7, 11) is 0. The Morgan fingerprint density at radius 1 is 1.12 bits per heavy atom. The van der Waals surface area contributed by atoms with Crippen LogP contribution in [0.4, 0.5) is 11.6 Å². The molecule has 0 saturated carbocycles. The molecule has 1 aromatic carbocycles. The van der Waals surface area contributed by atoms with Gasteiger partial charge in [-0.1, -0.05) is 25.8 Å². The Kier molecular flexibility index (Phi) is 8.51. The van der Waals surface area contributed by atoms with Crippen molar-refractivity contribution in [3.8, 4) is 5.75 Å². The molecule has 4 rings (SSSR count). The molecule has 1 aliphatic rings. The second kappa shape index (κ2) is 12.2. The zero-order valence-corrected chi connectivity index (χ0v) is 20.0. The number of rotatable bonds is 13. The fourth-order valence-corrected chi connectivity index (χ4v) is 4.09. The van der Waals surface area contributed by atoms with Gasteiger partial charge >= 0.3 is 0 Å². The minimum atomic E-state index is 0.510. The molecular formula is C26H35N7O. The van der Waals surface area contributed by atoms with Gasteiger partial charge in [-0.25, -0.2) is 4.52 Å². The van der Waals surface area contributed by atoms with Crippen LogP contribution in [0.5, 0.6) is 5.75 Å². The van der Waals surface area contributed by atoms with Crippen LogP contribution in [0.25, 0.3) is 11.2 Å². The SMILES string of the molecule is CCCCCN/C=C(\C=N)c1cccc2nc(Nc3ccc(OCCN4CCCC4)cc3)nn12. The maximum Gasteiger partial charge on any atom is 0.247 e. The van der Waals surface area contributed by atoms with Gasteiger partial charge in [-0.2, -0.15) is 4.98 Å². The molecule has 2 aromatic heterocycles. The Hall–Kier alpha value is -3.39. The molecule has 3 aromatic rings. The number of benzene rings is 1. The van der Waals surface area contributed by atoms with Gasteiger partial charge in [-0.05, 0) is 68.8 Å². The molecule has 180 valence electrons. The van der Waals surface area contributed by atoms with E-state index in [0.717, 1.165) is 47.9 Å². The smallest absolute Gasteiger partial charge is 0.247 e. The average Bonchev–Trinajstić information content (AvgIpc) is 3.52. The van der Waals surface area contributed by atoms with E-state index in [1.165, 1.54) is 45.0 Å². The van der Waals surface area contributed by atoms with Crippen molar-refractivity contribution in [2.45, 2.75) is 39.0 Å². The van der Waals surface area contributed by atoms with Gasteiger partial charge in [-0.15, -0.1) is 5.10 Å². The second-order valence-corrected chi connectivity index (χ2v) is 8.57. The molecule has 34 heavy (non-hydrogen) atoms. The van der Waals surface area contributed by atoms with Crippen molar-refractivity contribution in [1.82, 2.24) is 24.8 Å². The topological polar surface area (TPSA) is 90.6 Å². The van der Waals surface area contributed by atoms with Gasteiger partial charge in [-0.3, -0.25) is 4.90 Å². The number of ether oxygens (including phenoxy) is 1. The van der Waals surface area contributed by atoms with Crippen molar-refractivity contribution < 1.29 is 4.74 Å². The second-order valence-electron chi connectivity index (χ2n) is 8.57. The third kappa shape index (κ3) is 6.35. The maximum absolute atomic E-state index is 7.87. The molecule has 0 unspecified atom stereocenters. The van der Waals surface area contributed by atoms with E-state index in [0.29, 0.717) is 12.6 Å². The molecule has 0 amide bonds. The van der Waals surface area contributed by atoms with Gasteiger partial charge in [0.2, 0.25) is 5.95 Å². The Morgan fingerprint density at radius 3 is 2.71 bits per heavy atom. The fraction of sp³-hybridized carbons (Fsp3) is 0.423. The van der Waals surface area contributed by atoms with Crippen molar-refractivity contribution in [3.63, 3.8) is 0 Å². The Bertz CT molecular complexity index is 1080. The molecule has 8 nitrogen and oxygen atoms in total. The first-order valence-corrected chi connectivity index (χ1v) is 12.3. The summed E-state index contributed by atoms with van der Waals surface area (Å²) in [6, 6.07) is 13.7. The Labute approximate surface area is 201 Å². The first-order chi connectivity index (χ1) is 16.8. The molecule has 1 saturated heterocycles. The van der Waals surface area contributed by atoms with Crippen LogP contribution in [-0.4, -0.2) is 58.5 Å². The highest BCUT2D eigenvalue weighted by molar-refractivity contribution is 6.07. The van der Waals surface area contributed by atoms with Crippen molar-refractivity contribution in [2.75, 3.05) is 38.1 Å². The van der Waals surface area contributed by atoms with Crippen LogP contribution < -0.4 is 15.4 Å². The van der Waals surface area contributed by atoms with E-state index >= 15 is 0 Å². The summed E-state index contributed by atoms with van der Waals surface area (Å²) in [5, 5.41) is 19.1. The standard InChI is InChI=1S/C26H35N7O/c1-2-3-4-14-28-20-21(19-27)24-8-7-9-25-30-26(31-33(24)25)29-22-10-12-23(13-11-22)34-18-17-32-15-5-6-16-32/h7-13,19-20,27-28H,2-6,14-18H2,1H3,(H,29,31)/b21-20+,27-19?. The number of nitrogens with one attached hydrogen (secondary N) is 3. The van der Waals surface area contributed by atoms with E-state index < -0.39 is 0 Å². The summed E-state index contributed by atoms with van der Waals surface area (Å²) in [6.07, 6.45) is 9.32. The molecule has 3 N–H and O–H groups in total. The molecule has 0 radical (unpaired) electrons. The molecule has 0 bridgehead atoms. The van der Waals surface area contributed by atoms with Crippen LogP contribution in [0.15, 0.2) is 48.7 Å². The van der Waals surface area contributed by atoms with E-state index in [4.69, 9.17) is 10.1 Å². The highest BCUT2D eigenvalue weighted by Crippen LogP contribution is 2.21. The number of aromatic nitrogens is 3. The summed E-state index contributed by atoms with van der Waals surface area (Å²) in [6.45, 7) is 7.14. The molecule has 0 atom stereocenters. The van der Waals surface area contributed by atoms with E-state index in [1.54, 1.807) is 4.52 Å². The number of pyridine rings is 1. The van der Waals surface area contributed by atoms with Crippen molar-refractivity contribution in [1.29, 1.82) is 5.41 Å². The summed E-state index contributed by atoms with van der Waals surface area (Å²) >= 11 is 0. The van der Waals surface area contributed by atoms with Crippen molar-refractivity contribution in [3.05, 3.63) is 54.4 Å². The summed E-state index contributed by atoms with van der Waals surface area (Å²) in [5.41, 5.74) is 3.19. The monoisotopic (exact) mass is 461 g/mol. The van der Waals surface area contributed by atoms with Crippen LogP contribution in [0.1, 0.15) is 44.7 Å². The highest BCUT2D eigenvalue weighted by Gasteiger charge is 2.12. The molecular weight excluding hydrogens is 426 g/mol. The lowest BCUT2D eigenvalue weighted by atomic mass is 10.2. The third-order valence-corrected chi connectivity index (χ3v) is 5.98. The molecule has 8 heteroatoms. The first-order valence-electron chi connectivity index (χ1n) is 12.3. The fourth-order valence-electron chi connectivity index (χ4n) is 4.09. The van der Waals surface area contributed by atoms with Crippen LogP contribution in [-0.2, 0) is 0 Å². The maximum atomic E-state index is 7.87. The number of hydrogen-bond donors (Lipinski definition) is 3. The summed E-state index contributed by atoms with van der Waals surface area (Å²) in [4.78, 5) is 7.05. The molecule has 0 aliphatic carbocycles. The number of anilines is 2. The largest absolute Gasteiger partial charge is 0.492 e. The van der Waals surface area contributed by atoms with Gasteiger partial charge in [0, 0.05) is 36.8 Å².